The molecule has 0 fully saturated rings. The molecule has 9 heteroatoms. The third-order valence-electron chi connectivity index (χ3n) is 4.10. The largest absolute Gasteiger partial charge is 0.490 e. The summed E-state index contributed by atoms with van der Waals surface area (Å²) in [7, 11) is 3.12. The predicted octanol–water partition coefficient (Wildman–Crippen LogP) is 3.59. The number of hydrogen-bond donors (Lipinski definition) is 2. The van der Waals surface area contributed by atoms with Gasteiger partial charge in [0.1, 0.15) is 0 Å². The van der Waals surface area contributed by atoms with Gasteiger partial charge in [0.25, 0.3) is 0 Å². The molecule has 0 heterocycles. The summed E-state index contributed by atoms with van der Waals surface area (Å²) < 4.78 is 48.3. The molecule has 1 rings (SSSR count). The van der Waals surface area contributed by atoms with Gasteiger partial charge in [0.2, 0.25) is 0 Å². The summed E-state index contributed by atoms with van der Waals surface area (Å²) >= 11 is 0. The molecule has 1 aromatic rings. The fourth-order valence-electron chi connectivity index (χ4n) is 2.76. The van der Waals surface area contributed by atoms with Crippen LogP contribution in [-0.2, 0) is 0 Å². The standard InChI is InChI=1S/C20H33F3N4O2/c1-6-28-17-10-9-16(13-18(17)29-7-2)15(3)26-19(24-4)25-11-8-12-27(5)14-20(21,22)23/h9-10,13,15H,6-8,11-12,14H2,1-5H3,(H2,24,25,26). The number of nitrogens with zero attached hydrogens (tertiary/aromatic N) is 2. The van der Waals surface area contributed by atoms with Gasteiger partial charge in [0, 0.05) is 13.6 Å². The predicted molar refractivity (Wildman–Crippen MR) is 110 cm³/mol. The van der Waals surface area contributed by atoms with Crippen LogP contribution < -0.4 is 20.1 Å². The maximum absolute atomic E-state index is 12.3. The lowest BCUT2D eigenvalue weighted by molar-refractivity contribution is -0.143. The van der Waals surface area contributed by atoms with Crippen LogP contribution in [0.5, 0.6) is 11.5 Å². The molecule has 0 aliphatic heterocycles. The zero-order chi connectivity index (χ0) is 21.9. The van der Waals surface area contributed by atoms with Crippen molar-refractivity contribution < 1.29 is 22.6 Å². The Morgan fingerprint density at radius 3 is 2.41 bits per heavy atom. The van der Waals surface area contributed by atoms with E-state index in [0.717, 1.165) is 5.56 Å². The summed E-state index contributed by atoms with van der Waals surface area (Å²) in [5.74, 6) is 1.98. The van der Waals surface area contributed by atoms with Crippen molar-refractivity contribution in [2.24, 2.45) is 4.99 Å². The number of hydrogen-bond acceptors (Lipinski definition) is 4. The monoisotopic (exact) mass is 418 g/mol. The lowest BCUT2D eigenvalue weighted by Gasteiger charge is -2.21. The van der Waals surface area contributed by atoms with Crippen LogP contribution in [-0.4, -0.2) is 64.0 Å². The van der Waals surface area contributed by atoms with Gasteiger partial charge in [0.05, 0.1) is 25.8 Å². The van der Waals surface area contributed by atoms with E-state index in [4.69, 9.17) is 9.47 Å². The normalized spacial score (nSPS) is 13.3. The van der Waals surface area contributed by atoms with Crippen LogP contribution in [0.4, 0.5) is 13.2 Å². The molecule has 1 aromatic carbocycles. The Kier molecular flexibility index (Phi) is 10.6. The van der Waals surface area contributed by atoms with Crippen molar-refractivity contribution in [3.8, 4) is 11.5 Å². The van der Waals surface area contributed by atoms with Gasteiger partial charge >= 0.3 is 6.18 Å². The number of nitrogens with one attached hydrogen (secondary N) is 2. The van der Waals surface area contributed by atoms with Gasteiger partial charge < -0.3 is 20.1 Å². The number of halogens is 3. The summed E-state index contributed by atoms with van der Waals surface area (Å²) in [4.78, 5) is 5.44. The fraction of sp³-hybridized carbons (Fsp3) is 0.650. The van der Waals surface area contributed by atoms with E-state index in [0.29, 0.717) is 50.2 Å². The highest BCUT2D eigenvalue weighted by Crippen LogP contribution is 2.30. The molecule has 0 bridgehead atoms. The topological polar surface area (TPSA) is 58.1 Å². The third kappa shape index (κ3) is 9.74. The van der Waals surface area contributed by atoms with Gasteiger partial charge in [-0.3, -0.25) is 9.89 Å². The van der Waals surface area contributed by atoms with Crippen LogP contribution in [0.1, 0.15) is 38.8 Å². The fourth-order valence-corrected chi connectivity index (χ4v) is 2.76. The van der Waals surface area contributed by atoms with Gasteiger partial charge in [0.15, 0.2) is 17.5 Å². The Morgan fingerprint density at radius 1 is 1.17 bits per heavy atom. The molecule has 0 spiro atoms. The maximum atomic E-state index is 12.3. The van der Waals surface area contributed by atoms with Gasteiger partial charge in [-0.2, -0.15) is 13.2 Å². The van der Waals surface area contributed by atoms with Crippen LogP contribution >= 0.6 is 0 Å². The molecule has 0 saturated heterocycles. The molecule has 29 heavy (non-hydrogen) atoms. The number of alkyl halides is 3. The molecule has 1 unspecified atom stereocenters. The zero-order valence-electron chi connectivity index (χ0n) is 17.9. The van der Waals surface area contributed by atoms with Crippen molar-refractivity contribution in [1.29, 1.82) is 0 Å². The smallest absolute Gasteiger partial charge is 0.401 e. The average molecular weight is 419 g/mol. The second-order valence-electron chi connectivity index (χ2n) is 6.64. The lowest BCUT2D eigenvalue weighted by atomic mass is 10.1. The van der Waals surface area contributed by atoms with Crippen LogP contribution in [0.25, 0.3) is 0 Å². The first kappa shape index (κ1) is 24.9. The summed E-state index contributed by atoms with van der Waals surface area (Å²) in [5, 5.41) is 6.41. The van der Waals surface area contributed by atoms with Crippen molar-refractivity contribution in [1.82, 2.24) is 15.5 Å². The molecule has 0 saturated carbocycles. The van der Waals surface area contributed by atoms with Crippen molar-refractivity contribution in [2.45, 2.75) is 39.4 Å². The second kappa shape index (κ2) is 12.4. The van der Waals surface area contributed by atoms with Crippen LogP contribution in [0.15, 0.2) is 23.2 Å². The van der Waals surface area contributed by atoms with Gasteiger partial charge in [-0.15, -0.1) is 0 Å². The molecule has 0 aromatic heterocycles. The Hall–Kier alpha value is -2.16. The molecule has 1 atom stereocenters. The second-order valence-corrected chi connectivity index (χ2v) is 6.64. The highest BCUT2D eigenvalue weighted by molar-refractivity contribution is 5.80. The molecule has 0 aliphatic carbocycles. The van der Waals surface area contributed by atoms with Crippen molar-refractivity contribution in [3.05, 3.63) is 23.8 Å². The maximum Gasteiger partial charge on any atom is 0.401 e. The van der Waals surface area contributed by atoms with Crippen molar-refractivity contribution in [3.63, 3.8) is 0 Å². The summed E-state index contributed by atoms with van der Waals surface area (Å²) in [6.45, 7) is 6.88. The minimum absolute atomic E-state index is 0.0519. The molecular weight excluding hydrogens is 385 g/mol. The number of guanidine groups is 1. The van der Waals surface area contributed by atoms with Crippen LogP contribution in [0.2, 0.25) is 0 Å². The van der Waals surface area contributed by atoms with Crippen LogP contribution in [0.3, 0.4) is 0 Å². The Labute approximate surface area is 171 Å². The first-order valence-electron chi connectivity index (χ1n) is 9.82. The third-order valence-corrected chi connectivity index (χ3v) is 4.10. The number of aliphatic imine (C=N–C) groups is 1. The van der Waals surface area contributed by atoms with E-state index in [-0.39, 0.29) is 6.04 Å². The van der Waals surface area contributed by atoms with Crippen LogP contribution in [0, 0.1) is 0 Å². The van der Waals surface area contributed by atoms with E-state index in [1.807, 2.05) is 39.0 Å². The Bertz CT molecular complexity index is 639. The molecule has 0 amide bonds. The number of ether oxygens (including phenoxy) is 2. The van der Waals surface area contributed by atoms with Gasteiger partial charge in [-0.05, 0) is 58.5 Å². The highest BCUT2D eigenvalue weighted by atomic mass is 19.4. The molecular formula is C20H33F3N4O2. The van der Waals surface area contributed by atoms with E-state index in [1.165, 1.54) is 11.9 Å². The van der Waals surface area contributed by atoms with E-state index < -0.39 is 12.7 Å². The summed E-state index contributed by atoms with van der Waals surface area (Å²) in [6, 6.07) is 5.73. The molecule has 166 valence electrons. The summed E-state index contributed by atoms with van der Waals surface area (Å²) in [6.07, 6.45) is -3.60. The molecule has 2 N–H and O–H groups in total. The quantitative estimate of drug-likeness (QED) is 0.327. The van der Waals surface area contributed by atoms with E-state index in [1.54, 1.807) is 7.05 Å². The molecule has 0 aliphatic rings. The van der Waals surface area contributed by atoms with E-state index in [2.05, 4.69) is 15.6 Å². The van der Waals surface area contributed by atoms with E-state index >= 15 is 0 Å². The van der Waals surface area contributed by atoms with Crippen molar-refractivity contribution in [2.75, 3.05) is 46.9 Å². The minimum Gasteiger partial charge on any atom is -0.490 e. The Morgan fingerprint density at radius 2 is 1.83 bits per heavy atom. The van der Waals surface area contributed by atoms with Crippen molar-refractivity contribution >= 4 is 5.96 Å². The Balaban J connectivity index is 2.56. The zero-order valence-corrected chi connectivity index (χ0v) is 17.9. The first-order valence-corrected chi connectivity index (χ1v) is 9.82. The number of rotatable bonds is 11. The van der Waals surface area contributed by atoms with Gasteiger partial charge in [-0.25, -0.2) is 0 Å². The molecule has 6 nitrogen and oxygen atoms in total. The average Bonchev–Trinajstić information content (AvgIpc) is 2.64. The van der Waals surface area contributed by atoms with Gasteiger partial charge in [-0.1, -0.05) is 6.07 Å². The lowest BCUT2D eigenvalue weighted by Crippen LogP contribution is -2.40. The molecule has 0 radical (unpaired) electrons. The first-order chi connectivity index (χ1) is 13.7. The van der Waals surface area contributed by atoms with E-state index in [9.17, 15) is 13.2 Å². The number of benzene rings is 1. The SMILES string of the molecule is CCOc1ccc(C(C)NC(=NC)NCCCN(C)CC(F)(F)F)cc1OCC. The highest BCUT2D eigenvalue weighted by Gasteiger charge is 2.28. The minimum atomic E-state index is -4.17. The summed E-state index contributed by atoms with van der Waals surface area (Å²) in [5.41, 5.74) is 1.00.